The monoisotopic (exact) mass is 288 g/mol. The quantitative estimate of drug-likeness (QED) is 0.666. The van der Waals surface area contributed by atoms with Crippen LogP contribution in [0.5, 0.6) is 0 Å². The Morgan fingerprint density at radius 3 is 2.50 bits per heavy atom. The number of nitrogens with zero attached hydrogens (tertiary/aromatic N) is 3. The minimum atomic E-state index is -2.75. The molecule has 110 valence electrons. The highest BCUT2D eigenvalue weighted by atomic mass is 19.3. The van der Waals surface area contributed by atoms with E-state index in [9.17, 15) is 23.7 Å². The van der Waals surface area contributed by atoms with Gasteiger partial charge in [-0.15, -0.1) is 0 Å². The minimum absolute atomic E-state index is 0.0375. The van der Waals surface area contributed by atoms with Crippen molar-refractivity contribution in [3.8, 4) is 0 Å². The molecule has 1 heterocycles. The third-order valence-corrected chi connectivity index (χ3v) is 3.56. The Balaban J connectivity index is 2.44. The van der Waals surface area contributed by atoms with Crippen LogP contribution in [0.15, 0.2) is 0 Å². The molecule has 20 heavy (non-hydrogen) atoms. The van der Waals surface area contributed by atoms with Gasteiger partial charge in [0.1, 0.15) is 11.4 Å². The summed E-state index contributed by atoms with van der Waals surface area (Å²) in [5.74, 6) is -3.26. The number of amides is 1. The number of nitrogens with two attached hydrogens (primary N) is 1. The normalized spacial score (nSPS) is 18.9. The topological polar surface area (TPSA) is 104 Å². The molecule has 9 heteroatoms. The molecule has 0 unspecified atom stereocenters. The van der Waals surface area contributed by atoms with Gasteiger partial charge in [0, 0.05) is 18.8 Å². The van der Waals surface area contributed by atoms with Gasteiger partial charge in [0.2, 0.25) is 5.92 Å². The van der Waals surface area contributed by atoms with Crippen LogP contribution in [-0.2, 0) is 0 Å². The average Bonchev–Trinajstić information content (AvgIpc) is 2.67. The van der Waals surface area contributed by atoms with Crippen molar-refractivity contribution < 1.29 is 18.5 Å². The second kappa shape index (κ2) is 4.80. The lowest BCUT2D eigenvalue weighted by Crippen LogP contribution is -2.28. The van der Waals surface area contributed by atoms with E-state index in [0.29, 0.717) is 0 Å². The van der Waals surface area contributed by atoms with Crippen LogP contribution in [0.3, 0.4) is 0 Å². The summed E-state index contributed by atoms with van der Waals surface area (Å²) in [5.41, 5.74) is 4.94. The van der Waals surface area contributed by atoms with E-state index in [1.54, 1.807) is 0 Å². The zero-order valence-corrected chi connectivity index (χ0v) is 10.8. The number of nitro groups is 1. The summed E-state index contributed by atoms with van der Waals surface area (Å²) in [6, 6.07) is -0.950. The summed E-state index contributed by atoms with van der Waals surface area (Å²) in [7, 11) is 0. The van der Waals surface area contributed by atoms with Gasteiger partial charge in [0.15, 0.2) is 0 Å². The highest BCUT2D eigenvalue weighted by Gasteiger charge is 2.40. The second-order valence-corrected chi connectivity index (χ2v) is 4.96. The van der Waals surface area contributed by atoms with Crippen molar-refractivity contribution in [2.24, 2.45) is 5.73 Å². The summed E-state index contributed by atoms with van der Waals surface area (Å²) in [6.45, 7) is 1.39. The van der Waals surface area contributed by atoms with Crippen molar-refractivity contribution >= 4 is 11.7 Å². The molecule has 7 nitrogen and oxygen atoms in total. The Morgan fingerprint density at radius 2 is 2.05 bits per heavy atom. The maximum absolute atomic E-state index is 13.2. The molecule has 0 radical (unpaired) electrons. The molecule has 0 aromatic carbocycles. The number of hydrogen-bond acceptors (Lipinski definition) is 4. The van der Waals surface area contributed by atoms with Crippen molar-refractivity contribution in [3.05, 3.63) is 21.5 Å². The number of rotatable bonds is 2. The van der Waals surface area contributed by atoms with Gasteiger partial charge >= 0.3 is 11.7 Å². The van der Waals surface area contributed by atoms with Gasteiger partial charge < -0.3 is 5.73 Å². The second-order valence-electron chi connectivity index (χ2n) is 4.96. The Kier molecular flexibility index (Phi) is 3.45. The summed E-state index contributed by atoms with van der Waals surface area (Å²) >= 11 is 0. The summed E-state index contributed by atoms with van der Waals surface area (Å²) in [5, 5.41) is 14.9. The van der Waals surface area contributed by atoms with E-state index in [2.05, 4.69) is 5.10 Å². The molecule has 1 aromatic rings. The number of carbonyl (C=O) groups excluding carboxylic acids is 1. The van der Waals surface area contributed by atoms with Gasteiger partial charge in [-0.2, -0.15) is 9.78 Å². The summed E-state index contributed by atoms with van der Waals surface area (Å²) in [4.78, 5) is 21.8. The average molecular weight is 288 g/mol. The molecule has 1 aromatic heterocycles. The summed E-state index contributed by atoms with van der Waals surface area (Å²) in [6.07, 6.45) is -0.603. The first-order valence-corrected chi connectivity index (χ1v) is 6.14. The number of carbonyl (C=O) groups is 1. The molecule has 0 spiro atoms. The van der Waals surface area contributed by atoms with E-state index in [1.165, 1.54) is 6.92 Å². The first kappa shape index (κ1) is 14.4. The van der Waals surface area contributed by atoms with Gasteiger partial charge in [-0.3, -0.25) is 10.1 Å². The third kappa shape index (κ3) is 2.47. The molecule has 1 amide bonds. The van der Waals surface area contributed by atoms with Crippen molar-refractivity contribution in [1.29, 1.82) is 0 Å². The highest BCUT2D eigenvalue weighted by molar-refractivity contribution is 5.76. The van der Waals surface area contributed by atoms with Gasteiger partial charge in [-0.25, -0.2) is 13.6 Å². The van der Waals surface area contributed by atoms with Crippen molar-refractivity contribution in [2.75, 3.05) is 0 Å². The molecular weight excluding hydrogens is 274 g/mol. The van der Waals surface area contributed by atoms with Gasteiger partial charge in [-0.1, -0.05) is 0 Å². The van der Waals surface area contributed by atoms with Crippen LogP contribution in [0.4, 0.5) is 19.3 Å². The number of aryl methyl sites for hydroxylation is 1. The lowest BCUT2D eigenvalue weighted by Gasteiger charge is -2.27. The maximum Gasteiger partial charge on any atom is 0.339 e. The van der Waals surface area contributed by atoms with Crippen molar-refractivity contribution in [3.63, 3.8) is 0 Å². The van der Waals surface area contributed by atoms with E-state index < -0.39 is 22.8 Å². The molecule has 2 N–H and O–H groups in total. The Morgan fingerprint density at radius 1 is 1.50 bits per heavy atom. The van der Waals surface area contributed by atoms with Gasteiger partial charge in [-0.05, 0) is 19.8 Å². The number of hydrogen-bond donors (Lipinski definition) is 1. The first-order chi connectivity index (χ1) is 9.23. The van der Waals surface area contributed by atoms with Gasteiger partial charge in [0.25, 0.3) is 0 Å². The number of primary amides is 1. The fraction of sp³-hybridized carbons (Fsp3) is 0.636. The zero-order valence-electron chi connectivity index (χ0n) is 10.8. The van der Waals surface area contributed by atoms with E-state index in [1.807, 2.05) is 0 Å². The molecule has 2 rings (SSSR count). The number of halogens is 2. The van der Waals surface area contributed by atoms with Crippen molar-refractivity contribution in [2.45, 2.75) is 44.4 Å². The van der Waals surface area contributed by atoms with Gasteiger partial charge in [0.05, 0.1) is 4.92 Å². The maximum atomic E-state index is 13.2. The predicted molar refractivity (Wildman–Crippen MR) is 64.8 cm³/mol. The fourth-order valence-electron chi connectivity index (χ4n) is 2.61. The highest BCUT2D eigenvalue weighted by Crippen LogP contribution is 2.43. The molecule has 0 bridgehead atoms. The Labute approximate surface area is 112 Å². The zero-order chi connectivity index (χ0) is 15.1. The molecule has 1 aliphatic rings. The minimum Gasteiger partial charge on any atom is -0.350 e. The van der Waals surface area contributed by atoms with Crippen LogP contribution in [-0.4, -0.2) is 26.7 Å². The lowest BCUT2D eigenvalue weighted by molar-refractivity contribution is -0.386. The third-order valence-electron chi connectivity index (χ3n) is 3.56. The van der Waals surface area contributed by atoms with Crippen LogP contribution < -0.4 is 5.73 Å². The lowest BCUT2D eigenvalue weighted by atomic mass is 9.84. The van der Waals surface area contributed by atoms with Crippen LogP contribution >= 0.6 is 0 Å². The van der Waals surface area contributed by atoms with Crippen LogP contribution in [0.1, 0.15) is 43.0 Å². The molecular formula is C11H14F2N4O3. The first-order valence-electron chi connectivity index (χ1n) is 6.14. The largest absolute Gasteiger partial charge is 0.350 e. The predicted octanol–water partition coefficient (Wildman–Crippen LogP) is 2.32. The smallest absolute Gasteiger partial charge is 0.339 e. The fourth-order valence-corrected chi connectivity index (χ4v) is 2.61. The molecule has 1 fully saturated rings. The van der Waals surface area contributed by atoms with Crippen molar-refractivity contribution in [1.82, 2.24) is 9.78 Å². The van der Waals surface area contributed by atoms with E-state index in [-0.39, 0.29) is 42.8 Å². The van der Waals surface area contributed by atoms with E-state index in [0.717, 1.165) is 4.68 Å². The van der Waals surface area contributed by atoms with Crippen LogP contribution in [0.2, 0.25) is 0 Å². The van der Waals surface area contributed by atoms with Crippen LogP contribution in [0.25, 0.3) is 0 Å². The molecule has 1 saturated carbocycles. The Hall–Kier alpha value is -2.06. The van der Waals surface area contributed by atoms with Crippen LogP contribution in [0, 0.1) is 17.0 Å². The number of alkyl halides is 2. The molecule has 0 saturated heterocycles. The summed E-state index contributed by atoms with van der Waals surface area (Å²) < 4.78 is 27.1. The van der Waals surface area contributed by atoms with E-state index >= 15 is 0 Å². The SMILES string of the molecule is Cc1nn(C(N)=O)c(C2CCC(F)(F)CC2)c1[N+](=O)[O-]. The number of aromatic nitrogens is 2. The molecule has 0 atom stereocenters. The molecule has 0 aliphatic heterocycles. The van der Waals surface area contributed by atoms with E-state index in [4.69, 9.17) is 5.73 Å². The molecule has 1 aliphatic carbocycles. The standard InChI is InChI=1S/C11H14F2N4O3/c1-6-8(17(19)20)9(16(15-6)10(14)18)7-2-4-11(12,13)5-3-7/h7H,2-5H2,1H3,(H2,14,18). The Bertz CT molecular complexity index is 560.